The Morgan fingerprint density at radius 3 is 2.93 bits per heavy atom. The van der Waals surface area contributed by atoms with E-state index in [2.05, 4.69) is 11.4 Å². The van der Waals surface area contributed by atoms with Crippen molar-refractivity contribution in [3.05, 3.63) is 41.6 Å². The molecule has 1 saturated heterocycles. The van der Waals surface area contributed by atoms with E-state index in [9.17, 15) is 9.59 Å². The molecule has 1 heterocycles. The molecule has 1 fully saturated rings. The maximum absolute atomic E-state index is 12.5. The second-order valence-electron chi connectivity index (χ2n) is 7.93. The SMILES string of the molecule is COCCN1C(=O)CCC2(CNC(=O)CCc3cccc(OC)c3)CCCC=C12. The number of benzene rings is 1. The average molecular weight is 401 g/mol. The van der Waals surface area contributed by atoms with Crippen molar-refractivity contribution in [2.45, 2.75) is 44.9 Å². The number of carbonyl (C=O) groups excluding carboxylic acids is 2. The minimum atomic E-state index is -0.133. The second kappa shape index (κ2) is 9.92. The van der Waals surface area contributed by atoms with E-state index in [1.165, 1.54) is 0 Å². The van der Waals surface area contributed by atoms with Crippen LogP contribution in [0.25, 0.3) is 0 Å². The molecule has 2 aliphatic rings. The van der Waals surface area contributed by atoms with Gasteiger partial charge in [0.25, 0.3) is 0 Å². The third kappa shape index (κ3) is 5.18. The largest absolute Gasteiger partial charge is 0.497 e. The zero-order valence-electron chi connectivity index (χ0n) is 17.5. The van der Waals surface area contributed by atoms with Crippen LogP contribution in [0.1, 0.15) is 44.1 Å². The van der Waals surface area contributed by atoms with Crippen LogP contribution in [0.3, 0.4) is 0 Å². The van der Waals surface area contributed by atoms with E-state index in [1.807, 2.05) is 29.2 Å². The molecule has 1 aromatic rings. The van der Waals surface area contributed by atoms with Gasteiger partial charge in [0.05, 0.1) is 13.7 Å². The molecular formula is C23H32N2O4. The van der Waals surface area contributed by atoms with Crippen LogP contribution >= 0.6 is 0 Å². The average Bonchev–Trinajstić information content (AvgIpc) is 2.76. The number of ether oxygens (including phenoxy) is 2. The number of nitrogens with zero attached hydrogens (tertiary/aromatic N) is 1. The Hall–Kier alpha value is -2.34. The Morgan fingerprint density at radius 2 is 2.14 bits per heavy atom. The van der Waals surface area contributed by atoms with Crippen molar-refractivity contribution in [1.82, 2.24) is 10.2 Å². The van der Waals surface area contributed by atoms with Gasteiger partial charge < -0.3 is 19.7 Å². The van der Waals surface area contributed by atoms with Crippen LogP contribution in [-0.2, 0) is 20.7 Å². The fourth-order valence-corrected chi connectivity index (χ4v) is 4.43. The van der Waals surface area contributed by atoms with Crippen molar-refractivity contribution in [3.63, 3.8) is 0 Å². The Kier molecular flexibility index (Phi) is 7.31. The Bertz CT molecular complexity index is 761. The van der Waals surface area contributed by atoms with Crippen molar-refractivity contribution in [2.24, 2.45) is 5.41 Å². The van der Waals surface area contributed by atoms with E-state index in [0.717, 1.165) is 42.7 Å². The molecule has 1 unspecified atom stereocenters. The summed E-state index contributed by atoms with van der Waals surface area (Å²) in [6, 6.07) is 7.82. The molecule has 2 amide bonds. The van der Waals surface area contributed by atoms with E-state index < -0.39 is 0 Å². The van der Waals surface area contributed by atoms with Gasteiger partial charge in [-0.05, 0) is 49.8 Å². The third-order valence-corrected chi connectivity index (χ3v) is 6.07. The summed E-state index contributed by atoms with van der Waals surface area (Å²) >= 11 is 0. The Balaban J connectivity index is 1.60. The fraction of sp³-hybridized carbons (Fsp3) is 0.565. The minimum absolute atomic E-state index is 0.0486. The van der Waals surface area contributed by atoms with Gasteiger partial charge in [0.15, 0.2) is 0 Å². The van der Waals surface area contributed by atoms with Gasteiger partial charge in [0.2, 0.25) is 11.8 Å². The van der Waals surface area contributed by atoms with Crippen molar-refractivity contribution in [1.29, 1.82) is 0 Å². The molecule has 0 saturated carbocycles. The lowest BCUT2D eigenvalue weighted by atomic mass is 9.69. The predicted molar refractivity (Wildman–Crippen MR) is 112 cm³/mol. The quantitative estimate of drug-likeness (QED) is 0.692. The number of aryl methyl sites for hydroxylation is 1. The van der Waals surface area contributed by atoms with E-state index in [-0.39, 0.29) is 17.2 Å². The summed E-state index contributed by atoms with van der Waals surface area (Å²) in [7, 11) is 3.30. The molecular weight excluding hydrogens is 368 g/mol. The first-order chi connectivity index (χ1) is 14.1. The van der Waals surface area contributed by atoms with E-state index in [4.69, 9.17) is 9.47 Å². The lowest BCUT2D eigenvalue weighted by Gasteiger charge is -2.47. The number of hydrogen-bond donors (Lipinski definition) is 1. The molecule has 158 valence electrons. The molecule has 3 rings (SSSR count). The van der Waals surface area contributed by atoms with Crippen molar-refractivity contribution in [3.8, 4) is 5.75 Å². The highest BCUT2D eigenvalue weighted by Crippen LogP contribution is 2.46. The molecule has 0 bridgehead atoms. The van der Waals surface area contributed by atoms with Gasteiger partial charge in [0.1, 0.15) is 5.75 Å². The number of nitrogens with one attached hydrogen (secondary N) is 1. The summed E-state index contributed by atoms with van der Waals surface area (Å²) in [4.78, 5) is 26.9. The zero-order valence-corrected chi connectivity index (χ0v) is 17.5. The minimum Gasteiger partial charge on any atom is -0.497 e. The molecule has 6 heteroatoms. The first-order valence-corrected chi connectivity index (χ1v) is 10.5. The summed E-state index contributed by atoms with van der Waals surface area (Å²) < 4.78 is 10.4. The highest BCUT2D eigenvalue weighted by molar-refractivity contribution is 5.80. The number of rotatable bonds is 9. The van der Waals surface area contributed by atoms with Crippen LogP contribution < -0.4 is 10.1 Å². The van der Waals surface area contributed by atoms with Crippen molar-refractivity contribution in [2.75, 3.05) is 33.9 Å². The first-order valence-electron chi connectivity index (χ1n) is 10.5. The monoisotopic (exact) mass is 400 g/mol. The molecule has 1 atom stereocenters. The summed E-state index contributed by atoms with van der Waals surface area (Å²) in [6.07, 6.45) is 7.72. The standard InChI is InChI=1S/C23H32N2O4/c1-28-15-14-25-20-8-3-4-12-23(20,13-11-22(25)27)17-24-21(26)10-9-18-6-5-7-19(16-18)29-2/h5-8,16H,3-4,9-15,17H2,1-2H3,(H,24,26). The molecule has 0 spiro atoms. The molecule has 0 radical (unpaired) electrons. The van der Waals surface area contributed by atoms with E-state index in [1.54, 1.807) is 14.2 Å². The smallest absolute Gasteiger partial charge is 0.226 e. The number of piperidine rings is 1. The lowest BCUT2D eigenvalue weighted by Crippen LogP contribution is -2.51. The van der Waals surface area contributed by atoms with Crippen LogP contribution in [0.15, 0.2) is 36.0 Å². The highest BCUT2D eigenvalue weighted by atomic mass is 16.5. The molecule has 1 aliphatic carbocycles. The summed E-state index contributed by atoms with van der Waals surface area (Å²) in [5.74, 6) is 1.02. The van der Waals surface area contributed by atoms with Gasteiger partial charge in [-0.25, -0.2) is 0 Å². The van der Waals surface area contributed by atoms with E-state index in [0.29, 0.717) is 39.0 Å². The van der Waals surface area contributed by atoms with Gasteiger partial charge in [-0.3, -0.25) is 9.59 Å². The van der Waals surface area contributed by atoms with Crippen LogP contribution in [0, 0.1) is 5.41 Å². The number of methoxy groups -OCH3 is 2. The highest BCUT2D eigenvalue weighted by Gasteiger charge is 2.44. The first kappa shape index (κ1) is 21.4. The number of hydrogen-bond acceptors (Lipinski definition) is 4. The molecule has 0 aromatic heterocycles. The molecule has 29 heavy (non-hydrogen) atoms. The van der Waals surface area contributed by atoms with Gasteiger partial charge in [-0.1, -0.05) is 18.2 Å². The van der Waals surface area contributed by atoms with Crippen LogP contribution in [0.4, 0.5) is 0 Å². The topological polar surface area (TPSA) is 67.9 Å². The summed E-state index contributed by atoms with van der Waals surface area (Å²) in [5.41, 5.74) is 2.04. The van der Waals surface area contributed by atoms with Crippen LogP contribution in [-0.4, -0.2) is 50.6 Å². The van der Waals surface area contributed by atoms with E-state index >= 15 is 0 Å². The number of amides is 2. The molecule has 1 N–H and O–H groups in total. The van der Waals surface area contributed by atoms with Gasteiger partial charge >= 0.3 is 0 Å². The number of carbonyl (C=O) groups is 2. The number of fused-ring (bicyclic) bond motifs is 1. The van der Waals surface area contributed by atoms with Gasteiger partial charge in [0, 0.05) is 44.2 Å². The summed E-state index contributed by atoms with van der Waals surface area (Å²) in [5, 5.41) is 3.15. The second-order valence-corrected chi connectivity index (χ2v) is 7.93. The van der Waals surface area contributed by atoms with Crippen molar-refractivity contribution >= 4 is 11.8 Å². The maximum atomic E-state index is 12.5. The summed E-state index contributed by atoms with van der Waals surface area (Å²) in [6.45, 7) is 1.69. The van der Waals surface area contributed by atoms with Crippen LogP contribution in [0.5, 0.6) is 5.75 Å². The third-order valence-electron chi connectivity index (χ3n) is 6.07. The number of likely N-dealkylation sites (tertiary alicyclic amines) is 1. The Morgan fingerprint density at radius 1 is 1.28 bits per heavy atom. The van der Waals surface area contributed by atoms with Crippen molar-refractivity contribution < 1.29 is 19.1 Å². The Labute approximate surface area is 173 Å². The number of allylic oxidation sites excluding steroid dienone is 1. The van der Waals surface area contributed by atoms with Gasteiger partial charge in [-0.2, -0.15) is 0 Å². The van der Waals surface area contributed by atoms with Crippen LogP contribution in [0.2, 0.25) is 0 Å². The molecule has 6 nitrogen and oxygen atoms in total. The normalized spacial score (nSPS) is 21.4. The lowest BCUT2D eigenvalue weighted by molar-refractivity contribution is -0.134. The maximum Gasteiger partial charge on any atom is 0.226 e. The molecule has 1 aromatic carbocycles. The molecule has 1 aliphatic heterocycles. The van der Waals surface area contributed by atoms with Gasteiger partial charge in [-0.15, -0.1) is 0 Å². The predicted octanol–water partition coefficient (Wildman–Crippen LogP) is 3.07. The fourth-order valence-electron chi connectivity index (χ4n) is 4.43. The zero-order chi connectivity index (χ0) is 20.7.